The van der Waals surface area contributed by atoms with Crippen molar-refractivity contribution in [2.24, 2.45) is 0 Å². The summed E-state index contributed by atoms with van der Waals surface area (Å²) in [6, 6.07) is 7.72. The third-order valence-electron chi connectivity index (χ3n) is 4.80. The van der Waals surface area contributed by atoms with Crippen molar-refractivity contribution >= 4 is 11.5 Å². The zero-order chi connectivity index (χ0) is 19.6. The van der Waals surface area contributed by atoms with Crippen LogP contribution < -0.4 is 15.0 Å². The van der Waals surface area contributed by atoms with Crippen molar-refractivity contribution in [3.63, 3.8) is 0 Å². The van der Waals surface area contributed by atoms with Crippen molar-refractivity contribution in [2.45, 2.75) is 38.9 Å². The monoisotopic (exact) mass is 380 g/mol. The molecule has 1 fully saturated rings. The Labute approximate surface area is 156 Å². The van der Waals surface area contributed by atoms with Gasteiger partial charge in [-0.1, -0.05) is 0 Å². The van der Waals surface area contributed by atoms with E-state index in [4.69, 9.17) is 4.74 Å². The first-order valence-corrected chi connectivity index (χ1v) is 8.86. The number of hydrogen-bond donors (Lipinski definition) is 1. The molecule has 1 N–H and O–H groups in total. The van der Waals surface area contributed by atoms with Crippen molar-refractivity contribution in [1.29, 1.82) is 0 Å². The lowest BCUT2D eigenvalue weighted by Crippen LogP contribution is -2.43. The largest absolute Gasteiger partial charge is 0.497 e. The van der Waals surface area contributed by atoms with E-state index >= 15 is 0 Å². The fourth-order valence-electron chi connectivity index (χ4n) is 3.26. The number of nitrogens with one attached hydrogen (secondary N) is 1. The van der Waals surface area contributed by atoms with Crippen molar-refractivity contribution in [1.82, 2.24) is 9.97 Å². The van der Waals surface area contributed by atoms with Gasteiger partial charge in [0.1, 0.15) is 11.6 Å². The zero-order valence-corrected chi connectivity index (χ0v) is 15.6. The van der Waals surface area contributed by atoms with Crippen molar-refractivity contribution in [3.8, 4) is 5.75 Å². The summed E-state index contributed by atoms with van der Waals surface area (Å²) in [5.74, 6) is 0.0690. The Bertz CT molecular complexity index is 793. The second-order valence-corrected chi connectivity index (χ2v) is 6.74. The lowest BCUT2D eigenvalue weighted by atomic mass is 10.0. The number of aryl methyl sites for hydroxylation is 1. The minimum atomic E-state index is -4.55. The van der Waals surface area contributed by atoms with Gasteiger partial charge < -0.3 is 15.0 Å². The van der Waals surface area contributed by atoms with Gasteiger partial charge in [0.25, 0.3) is 0 Å². The number of anilines is 2. The van der Waals surface area contributed by atoms with Crippen LogP contribution in [-0.4, -0.2) is 36.2 Å². The average molecular weight is 380 g/mol. The third-order valence-corrected chi connectivity index (χ3v) is 4.80. The van der Waals surface area contributed by atoms with Gasteiger partial charge in [0.2, 0.25) is 5.82 Å². The molecule has 5 nitrogen and oxygen atoms in total. The third kappa shape index (κ3) is 4.43. The molecular formula is C19H23F3N4O. The molecule has 1 atom stereocenters. The molecule has 2 heterocycles. The van der Waals surface area contributed by atoms with Gasteiger partial charge in [0.15, 0.2) is 0 Å². The minimum Gasteiger partial charge on any atom is -0.497 e. The number of hydrogen-bond acceptors (Lipinski definition) is 5. The molecule has 0 aliphatic carbocycles. The normalized spacial score (nSPS) is 17.7. The summed E-state index contributed by atoms with van der Waals surface area (Å²) >= 11 is 0. The van der Waals surface area contributed by atoms with Crippen LogP contribution in [0.5, 0.6) is 5.75 Å². The highest BCUT2D eigenvalue weighted by molar-refractivity contribution is 5.51. The molecule has 1 aromatic heterocycles. The highest BCUT2D eigenvalue weighted by Gasteiger charge is 2.36. The Morgan fingerprint density at radius 2 is 1.85 bits per heavy atom. The fourth-order valence-corrected chi connectivity index (χ4v) is 3.26. The van der Waals surface area contributed by atoms with Crippen LogP contribution in [0.3, 0.4) is 0 Å². The summed E-state index contributed by atoms with van der Waals surface area (Å²) < 4.78 is 44.5. The minimum absolute atomic E-state index is 0.121. The molecule has 0 amide bonds. The molecule has 0 bridgehead atoms. The molecule has 0 radical (unpaired) electrons. The molecule has 27 heavy (non-hydrogen) atoms. The molecule has 3 rings (SSSR count). The number of methoxy groups -OCH3 is 1. The highest BCUT2D eigenvalue weighted by Crippen LogP contribution is 2.31. The van der Waals surface area contributed by atoms with Gasteiger partial charge in [-0.3, -0.25) is 0 Å². The van der Waals surface area contributed by atoms with Crippen LogP contribution in [0.4, 0.5) is 24.7 Å². The maximum absolute atomic E-state index is 13.1. The molecule has 1 aliphatic heterocycles. The predicted molar refractivity (Wildman–Crippen MR) is 98.4 cm³/mol. The van der Waals surface area contributed by atoms with Gasteiger partial charge in [-0.15, -0.1) is 0 Å². The van der Waals surface area contributed by atoms with E-state index in [9.17, 15) is 13.2 Å². The van der Waals surface area contributed by atoms with E-state index in [-0.39, 0.29) is 6.04 Å². The smallest absolute Gasteiger partial charge is 0.451 e. The van der Waals surface area contributed by atoms with Crippen LogP contribution in [0, 0.1) is 13.8 Å². The lowest BCUT2D eigenvalue weighted by Gasteiger charge is -2.35. The van der Waals surface area contributed by atoms with Crippen LogP contribution in [0.15, 0.2) is 24.3 Å². The summed E-state index contributed by atoms with van der Waals surface area (Å²) in [6.45, 7) is 4.62. The van der Waals surface area contributed by atoms with Crippen LogP contribution in [-0.2, 0) is 6.18 Å². The SMILES string of the molecule is COc1ccc(N[C@H]2CCCN(c3nc(C(F)(F)F)nc(C)c3C)C2)cc1. The van der Waals surface area contributed by atoms with Gasteiger partial charge in [-0.2, -0.15) is 13.2 Å². The van der Waals surface area contributed by atoms with Crippen LogP contribution in [0.1, 0.15) is 29.9 Å². The Morgan fingerprint density at radius 1 is 1.15 bits per heavy atom. The summed E-state index contributed by atoms with van der Waals surface area (Å²) in [7, 11) is 1.61. The molecule has 1 aromatic carbocycles. The van der Waals surface area contributed by atoms with E-state index in [2.05, 4.69) is 15.3 Å². The number of nitrogens with zero attached hydrogens (tertiary/aromatic N) is 3. The van der Waals surface area contributed by atoms with E-state index < -0.39 is 12.0 Å². The van der Waals surface area contributed by atoms with Crippen molar-refractivity contribution in [3.05, 3.63) is 41.3 Å². The molecule has 8 heteroatoms. The number of ether oxygens (including phenoxy) is 1. The van der Waals surface area contributed by atoms with E-state index in [1.54, 1.807) is 21.0 Å². The molecule has 0 saturated carbocycles. The second-order valence-electron chi connectivity index (χ2n) is 6.74. The first-order valence-electron chi connectivity index (χ1n) is 8.86. The van der Waals surface area contributed by atoms with Crippen LogP contribution in [0.25, 0.3) is 0 Å². The van der Waals surface area contributed by atoms with Crippen LogP contribution in [0.2, 0.25) is 0 Å². The average Bonchev–Trinajstić information content (AvgIpc) is 2.64. The highest BCUT2D eigenvalue weighted by atomic mass is 19.4. The Kier molecular flexibility index (Phi) is 5.43. The zero-order valence-electron chi connectivity index (χ0n) is 15.6. The van der Waals surface area contributed by atoms with E-state index in [0.717, 1.165) is 24.3 Å². The molecule has 1 saturated heterocycles. The topological polar surface area (TPSA) is 50.3 Å². The van der Waals surface area contributed by atoms with Gasteiger partial charge in [-0.05, 0) is 51.0 Å². The van der Waals surface area contributed by atoms with Gasteiger partial charge in [0, 0.05) is 36.1 Å². The Balaban J connectivity index is 1.78. The van der Waals surface area contributed by atoms with E-state index in [1.807, 2.05) is 29.2 Å². The number of rotatable bonds is 4. The van der Waals surface area contributed by atoms with Crippen molar-refractivity contribution in [2.75, 3.05) is 30.4 Å². The van der Waals surface area contributed by atoms with Crippen molar-refractivity contribution < 1.29 is 17.9 Å². The fraction of sp³-hybridized carbons (Fsp3) is 0.474. The summed E-state index contributed by atoms with van der Waals surface area (Å²) in [5.41, 5.74) is 2.00. The summed E-state index contributed by atoms with van der Waals surface area (Å²) in [5, 5.41) is 3.45. The maximum Gasteiger partial charge on any atom is 0.451 e. The number of benzene rings is 1. The first kappa shape index (κ1) is 19.3. The number of alkyl halides is 3. The molecule has 0 unspecified atom stereocenters. The Morgan fingerprint density at radius 3 is 2.48 bits per heavy atom. The molecule has 1 aliphatic rings. The summed E-state index contributed by atoms with van der Waals surface area (Å²) in [6.07, 6.45) is -2.74. The summed E-state index contributed by atoms with van der Waals surface area (Å²) in [4.78, 5) is 9.37. The molecule has 0 spiro atoms. The molecular weight excluding hydrogens is 357 g/mol. The Hall–Kier alpha value is -2.51. The van der Waals surface area contributed by atoms with Crippen LogP contribution >= 0.6 is 0 Å². The molecule has 146 valence electrons. The van der Waals surface area contributed by atoms with E-state index in [1.165, 1.54) is 0 Å². The predicted octanol–water partition coefficient (Wildman–Crippen LogP) is 4.20. The maximum atomic E-state index is 13.1. The number of aromatic nitrogens is 2. The molecule has 2 aromatic rings. The van der Waals surface area contributed by atoms with Gasteiger partial charge >= 0.3 is 6.18 Å². The van der Waals surface area contributed by atoms with Gasteiger partial charge in [0.05, 0.1) is 7.11 Å². The lowest BCUT2D eigenvalue weighted by molar-refractivity contribution is -0.145. The first-order chi connectivity index (χ1) is 12.8. The van der Waals surface area contributed by atoms with E-state index in [0.29, 0.717) is 30.2 Å². The standard InChI is InChI=1S/C19H23F3N4O/c1-12-13(2)23-18(19(20,21)22)25-17(12)26-10-4-5-15(11-26)24-14-6-8-16(27-3)9-7-14/h6-9,15,24H,4-5,10-11H2,1-3H3/t15-/m0/s1. The number of halogens is 3. The quantitative estimate of drug-likeness (QED) is 0.862. The number of piperidine rings is 1. The van der Waals surface area contributed by atoms with Gasteiger partial charge in [-0.25, -0.2) is 9.97 Å². The second kappa shape index (κ2) is 7.62.